The van der Waals surface area contributed by atoms with Crippen LogP contribution in [0, 0.1) is 5.82 Å². The Morgan fingerprint density at radius 1 is 1.42 bits per heavy atom. The third-order valence-electron chi connectivity index (χ3n) is 3.58. The van der Waals surface area contributed by atoms with Gasteiger partial charge in [-0.25, -0.2) is 9.18 Å². The number of rotatable bonds is 3. The maximum Gasteiger partial charge on any atom is 0.336 e. The molecule has 0 unspecified atom stereocenters. The van der Waals surface area contributed by atoms with Gasteiger partial charge in [0.15, 0.2) is 0 Å². The van der Waals surface area contributed by atoms with Crippen LogP contribution in [0.3, 0.4) is 0 Å². The van der Waals surface area contributed by atoms with Crippen molar-refractivity contribution in [3.05, 3.63) is 42.0 Å². The molecule has 19 heavy (non-hydrogen) atoms. The molecule has 5 heteroatoms. The van der Waals surface area contributed by atoms with E-state index < -0.39 is 11.8 Å². The van der Waals surface area contributed by atoms with Gasteiger partial charge in [0, 0.05) is 17.3 Å². The van der Waals surface area contributed by atoms with Crippen molar-refractivity contribution < 1.29 is 14.3 Å². The zero-order chi connectivity index (χ0) is 13.4. The van der Waals surface area contributed by atoms with Gasteiger partial charge >= 0.3 is 5.97 Å². The average Bonchev–Trinajstić information content (AvgIpc) is 2.75. The molecule has 4 nitrogen and oxygen atoms in total. The van der Waals surface area contributed by atoms with E-state index in [9.17, 15) is 9.18 Å². The van der Waals surface area contributed by atoms with E-state index in [1.807, 2.05) is 0 Å². The molecular formula is C14H13FN2O2. The highest BCUT2D eigenvalue weighted by molar-refractivity contribution is 5.96. The first-order chi connectivity index (χ1) is 9.16. The van der Waals surface area contributed by atoms with E-state index in [0.29, 0.717) is 11.6 Å². The number of carboxylic acid groups (broad SMARTS) is 1. The molecule has 2 aromatic rings. The van der Waals surface area contributed by atoms with E-state index in [0.717, 1.165) is 12.8 Å². The molecular weight excluding hydrogens is 247 g/mol. The SMILES string of the molecule is O=C(O)c1cccc(F)c1-c1cnn(C2CCC2)c1. The van der Waals surface area contributed by atoms with Gasteiger partial charge in [0.2, 0.25) is 0 Å². The van der Waals surface area contributed by atoms with Gasteiger partial charge in [0.25, 0.3) is 0 Å². The summed E-state index contributed by atoms with van der Waals surface area (Å²) >= 11 is 0. The summed E-state index contributed by atoms with van der Waals surface area (Å²) in [4.78, 5) is 11.2. The zero-order valence-corrected chi connectivity index (χ0v) is 10.2. The summed E-state index contributed by atoms with van der Waals surface area (Å²) in [7, 11) is 0. The second kappa shape index (κ2) is 4.50. The quantitative estimate of drug-likeness (QED) is 0.922. The van der Waals surface area contributed by atoms with Crippen molar-refractivity contribution in [1.82, 2.24) is 9.78 Å². The molecule has 0 spiro atoms. The topological polar surface area (TPSA) is 55.1 Å². The number of carbonyl (C=O) groups is 1. The van der Waals surface area contributed by atoms with E-state index in [4.69, 9.17) is 5.11 Å². The van der Waals surface area contributed by atoms with Crippen LogP contribution in [0.2, 0.25) is 0 Å². The fourth-order valence-corrected chi connectivity index (χ4v) is 2.31. The molecule has 1 fully saturated rings. The van der Waals surface area contributed by atoms with E-state index in [1.54, 1.807) is 10.9 Å². The molecule has 0 saturated heterocycles. The van der Waals surface area contributed by atoms with Gasteiger partial charge in [0.05, 0.1) is 17.8 Å². The summed E-state index contributed by atoms with van der Waals surface area (Å²) in [6.45, 7) is 0. The monoisotopic (exact) mass is 260 g/mol. The molecule has 0 amide bonds. The van der Waals surface area contributed by atoms with E-state index in [1.165, 1.54) is 30.8 Å². The van der Waals surface area contributed by atoms with Gasteiger partial charge in [-0.1, -0.05) is 6.07 Å². The lowest BCUT2D eigenvalue weighted by molar-refractivity contribution is 0.0697. The Balaban J connectivity index is 2.05. The van der Waals surface area contributed by atoms with Crippen molar-refractivity contribution >= 4 is 5.97 Å². The fourth-order valence-electron chi connectivity index (χ4n) is 2.31. The van der Waals surface area contributed by atoms with E-state index in [-0.39, 0.29) is 11.1 Å². The molecule has 3 rings (SSSR count). The predicted molar refractivity (Wildman–Crippen MR) is 67.5 cm³/mol. The molecule has 0 radical (unpaired) electrons. The summed E-state index contributed by atoms with van der Waals surface area (Å²) in [6.07, 6.45) is 6.59. The molecule has 1 N–H and O–H groups in total. The van der Waals surface area contributed by atoms with Crippen LogP contribution < -0.4 is 0 Å². The molecule has 0 atom stereocenters. The van der Waals surface area contributed by atoms with Crippen molar-refractivity contribution in [3.63, 3.8) is 0 Å². The molecule has 1 aliphatic carbocycles. The second-order valence-electron chi connectivity index (χ2n) is 4.76. The van der Waals surface area contributed by atoms with Crippen molar-refractivity contribution in [2.75, 3.05) is 0 Å². The molecule has 1 aromatic heterocycles. The maximum absolute atomic E-state index is 13.9. The third-order valence-corrected chi connectivity index (χ3v) is 3.58. The van der Waals surface area contributed by atoms with Crippen molar-refractivity contribution in [2.24, 2.45) is 0 Å². The predicted octanol–water partition coefficient (Wildman–Crippen LogP) is 3.11. The van der Waals surface area contributed by atoms with Crippen LogP contribution >= 0.6 is 0 Å². The van der Waals surface area contributed by atoms with Crippen molar-refractivity contribution in [3.8, 4) is 11.1 Å². The summed E-state index contributed by atoms with van der Waals surface area (Å²) in [6, 6.07) is 4.44. The number of benzene rings is 1. The Kier molecular flexibility index (Phi) is 2.81. The van der Waals surface area contributed by atoms with Gasteiger partial charge in [0.1, 0.15) is 5.82 Å². The highest BCUT2D eigenvalue weighted by Gasteiger charge is 2.22. The Morgan fingerprint density at radius 2 is 2.21 bits per heavy atom. The van der Waals surface area contributed by atoms with Gasteiger partial charge < -0.3 is 5.11 Å². The molecule has 1 saturated carbocycles. The average molecular weight is 260 g/mol. The van der Waals surface area contributed by atoms with Crippen LogP contribution in [0.25, 0.3) is 11.1 Å². The van der Waals surface area contributed by atoms with Crippen LogP contribution in [0.4, 0.5) is 4.39 Å². The van der Waals surface area contributed by atoms with Gasteiger partial charge in [-0.15, -0.1) is 0 Å². The minimum Gasteiger partial charge on any atom is -0.478 e. The lowest BCUT2D eigenvalue weighted by Crippen LogP contribution is -2.17. The molecule has 0 aliphatic heterocycles. The summed E-state index contributed by atoms with van der Waals surface area (Å²) in [5, 5.41) is 13.3. The van der Waals surface area contributed by atoms with E-state index in [2.05, 4.69) is 5.10 Å². The standard InChI is InChI=1S/C14H13FN2O2/c15-12-6-2-5-11(14(18)19)13(12)9-7-16-17(8-9)10-3-1-4-10/h2,5-8,10H,1,3-4H2,(H,18,19). The first kappa shape index (κ1) is 11.9. The Bertz CT molecular complexity index is 632. The Hall–Kier alpha value is -2.17. The first-order valence-electron chi connectivity index (χ1n) is 6.23. The van der Waals surface area contributed by atoms with Gasteiger partial charge in [-0.05, 0) is 31.4 Å². The van der Waals surface area contributed by atoms with Crippen LogP contribution in [0.15, 0.2) is 30.6 Å². The number of hydrogen-bond donors (Lipinski definition) is 1. The normalized spacial score (nSPS) is 15.2. The van der Waals surface area contributed by atoms with Crippen molar-refractivity contribution in [1.29, 1.82) is 0 Å². The van der Waals surface area contributed by atoms with Gasteiger partial charge in [-0.2, -0.15) is 5.10 Å². The minimum absolute atomic E-state index is 0.0341. The molecule has 0 bridgehead atoms. The highest BCUT2D eigenvalue weighted by atomic mass is 19.1. The molecule has 1 aliphatic rings. The molecule has 1 aromatic carbocycles. The first-order valence-corrected chi connectivity index (χ1v) is 6.23. The van der Waals surface area contributed by atoms with Crippen LogP contribution in [0.1, 0.15) is 35.7 Å². The smallest absolute Gasteiger partial charge is 0.336 e. The molecule has 1 heterocycles. The van der Waals surface area contributed by atoms with E-state index >= 15 is 0 Å². The van der Waals surface area contributed by atoms with Crippen LogP contribution in [0.5, 0.6) is 0 Å². The largest absolute Gasteiger partial charge is 0.478 e. The zero-order valence-electron chi connectivity index (χ0n) is 10.2. The Labute approximate surface area is 109 Å². The summed E-state index contributed by atoms with van der Waals surface area (Å²) in [5.74, 6) is -1.67. The minimum atomic E-state index is -1.13. The third kappa shape index (κ3) is 2.01. The number of halogens is 1. The maximum atomic E-state index is 13.9. The van der Waals surface area contributed by atoms with Crippen LogP contribution in [-0.4, -0.2) is 20.9 Å². The lowest BCUT2D eigenvalue weighted by Gasteiger charge is -2.25. The number of hydrogen-bond acceptors (Lipinski definition) is 2. The Morgan fingerprint density at radius 3 is 2.84 bits per heavy atom. The van der Waals surface area contributed by atoms with Gasteiger partial charge in [-0.3, -0.25) is 4.68 Å². The summed E-state index contributed by atoms with van der Waals surface area (Å²) in [5.41, 5.74) is 0.594. The number of nitrogens with zero attached hydrogens (tertiary/aromatic N) is 2. The number of aromatic carboxylic acids is 1. The van der Waals surface area contributed by atoms with Crippen molar-refractivity contribution in [2.45, 2.75) is 25.3 Å². The molecule has 98 valence electrons. The lowest BCUT2D eigenvalue weighted by atomic mass is 9.93. The highest BCUT2D eigenvalue weighted by Crippen LogP contribution is 2.33. The summed E-state index contributed by atoms with van der Waals surface area (Å²) < 4.78 is 15.7. The van der Waals surface area contributed by atoms with Crippen LogP contribution in [-0.2, 0) is 0 Å². The second-order valence-corrected chi connectivity index (χ2v) is 4.76. The fraction of sp³-hybridized carbons (Fsp3) is 0.286. The number of carboxylic acids is 1. The number of aromatic nitrogens is 2.